The quantitative estimate of drug-likeness (QED) is 0.485. The van der Waals surface area contributed by atoms with Gasteiger partial charge < -0.3 is 5.11 Å². The molecule has 31 heavy (non-hydrogen) atoms. The van der Waals surface area contributed by atoms with Crippen LogP contribution in [0.15, 0.2) is 11.6 Å². The topological polar surface area (TPSA) is 37.3 Å². The van der Waals surface area contributed by atoms with Gasteiger partial charge in [-0.05, 0) is 103 Å². The number of hydrogen-bond donors (Lipinski definition) is 1. The largest absolute Gasteiger partial charge is 0.392 e. The normalized spacial score (nSPS) is 44.3. The van der Waals surface area contributed by atoms with Crippen LogP contribution in [0.5, 0.6) is 0 Å². The summed E-state index contributed by atoms with van der Waals surface area (Å²) in [5, 5.41) is 11.3. The van der Waals surface area contributed by atoms with Crippen molar-refractivity contribution in [3.05, 3.63) is 11.6 Å². The van der Waals surface area contributed by atoms with Crippen molar-refractivity contribution in [3.8, 4) is 0 Å². The average Bonchev–Trinajstić information content (AvgIpc) is 3.06. The van der Waals surface area contributed by atoms with Crippen LogP contribution in [0.25, 0.3) is 0 Å². The van der Waals surface area contributed by atoms with E-state index < -0.39 is 0 Å². The number of hydrogen-bond acceptors (Lipinski definition) is 2. The number of aliphatic hydroxyl groups is 1. The van der Waals surface area contributed by atoms with E-state index in [4.69, 9.17) is 0 Å². The Morgan fingerprint density at radius 1 is 1.06 bits per heavy atom. The molecule has 4 aliphatic carbocycles. The van der Waals surface area contributed by atoms with Crippen molar-refractivity contribution in [1.29, 1.82) is 0 Å². The maximum absolute atomic E-state index is 12.1. The van der Waals surface area contributed by atoms with Crippen molar-refractivity contribution in [2.45, 2.75) is 112 Å². The number of carbonyl (C=O) groups is 1. The molecule has 1 N–H and O–H groups in total. The molecule has 0 saturated heterocycles. The number of ketones is 1. The molecule has 2 heteroatoms. The number of carbonyl (C=O) groups excluding carboxylic acids is 1. The summed E-state index contributed by atoms with van der Waals surface area (Å²) < 4.78 is 0. The van der Waals surface area contributed by atoms with Gasteiger partial charge in [-0.2, -0.15) is 0 Å². The SMILES string of the molecule is CC[C@H](CC[C@@H](C)[C@H]1CC[C@H]2[C@@H]3[C@@H](O)CC4=CC(=O)CC[C@]4(C)[C@H]3CC[C@]12C)C(C)C. The standard InChI is InChI=1S/C29H48O2/c1-7-20(18(2)3)9-8-19(4)23-10-11-24-27-25(13-15-29(23,24)6)28(5)14-12-22(30)16-21(28)17-26(27)31/h16,18-20,23-27,31H,7-15,17H2,1-6H3/t19-,20-,23-,24+,25+,26+,27+,28+,29-/m1/s1. The van der Waals surface area contributed by atoms with Gasteiger partial charge in [0.15, 0.2) is 5.78 Å². The van der Waals surface area contributed by atoms with Gasteiger partial charge in [-0.15, -0.1) is 0 Å². The van der Waals surface area contributed by atoms with Crippen LogP contribution in [0.3, 0.4) is 0 Å². The Morgan fingerprint density at radius 3 is 2.48 bits per heavy atom. The Bertz CT molecular complexity index is 708. The Kier molecular flexibility index (Phi) is 6.54. The number of aliphatic hydroxyl groups excluding tert-OH is 1. The molecule has 0 aromatic rings. The van der Waals surface area contributed by atoms with Crippen molar-refractivity contribution >= 4 is 5.78 Å². The molecule has 0 amide bonds. The second-order valence-corrected chi connectivity index (χ2v) is 12.8. The minimum atomic E-state index is -0.251. The van der Waals surface area contributed by atoms with E-state index in [0.29, 0.717) is 29.6 Å². The molecule has 176 valence electrons. The molecular formula is C29H48O2. The predicted octanol–water partition coefficient (Wildman–Crippen LogP) is 7.20. The van der Waals surface area contributed by atoms with E-state index in [0.717, 1.165) is 36.5 Å². The first-order valence-electron chi connectivity index (χ1n) is 13.5. The molecule has 0 bridgehead atoms. The van der Waals surface area contributed by atoms with Gasteiger partial charge in [-0.3, -0.25) is 4.79 Å². The summed E-state index contributed by atoms with van der Waals surface area (Å²) in [6.07, 6.45) is 13.4. The fourth-order valence-corrected chi connectivity index (χ4v) is 9.19. The predicted molar refractivity (Wildman–Crippen MR) is 129 cm³/mol. The van der Waals surface area contributed by atoms with Crippen LogP contribution < -0.4 is 0 Å². The molecule has 0 aliphatic heterocycles. The third-order valence-corrected chi connectivity index (χ3v) is 11.2. The van der Waals surface area contributed by atoms with Gasteiger partial charge in [0.25, 0.3) is 0 Å². The minimum absolute atomic E-state index is 0.147. The first kappa shape index (κ1) is 23.5. The lowest BCUT2D eigenvalue weighted by Gasteiger charge is -2.60. The fourth-order valence-electron chi connectivity index (χ4n) is 9.19. The molecule has 0 heterocycles. The maximum Gasteiger partial charge on any atom is 0.155 e. The second kappa shape index (κ2) is 8.62. The van der Waals surface area contributed by atoms with Crippen LogP contribution in [0.4, 0.5) is 0 Å². The van der Waals surface area contributed by atoms with Gasteiger partial charge in [-0.25, -0.2) is 0 Å². The molecule has 2 nitrogen and oxygen atoms in total. The molecule has 4 rings (SSSR count). The van der Waals surface area contributed by atoms with Crippen LogP contribution in [-0.2, 0) is 4.79 Å². The van der Waals surface area contributed by atoms with Crippen molar-refractivity contribution < 1.29 is 9.90 Å². The zero-order valence-corrected chi connectivity index (χ0v) is 21.1. The first-order chi connectivity index (χ1) is 14.6. The van der Waals surface area contributed by atoms with E-state index >= 15 is 0 Å². The number of fused-ring (bicyclic) bond motifs is 5. The lowest BCUT2D eigenvalue weighted by Crippen LogP contribution is -2.55. The summed E-state index contributed by atoms with van der Waals surface area (Å²) in [5.41, 5.74) is 1.81. The Hall–Kier alpha value is -0.630. The fraction of sp³-hybridized carbons (Fsp3) is 0.897. The highest BCUT2D eigenvalue weighted by Gasteiger charge is 2.61. The zero-order chi connectivity index (χ0) is 22.6. The summed E-state index contributed by atoms with van der Waals surface area (Å²) in [4.78, 5) is 12.1. The van der Waals surface area contributed by atoms with Crippen molar-refractivity contribution in [3.63, 3.8) is 0 Å². The van der Waals surface area contributed by atoms with Gasteiger partial charge in [0, 0.05) is 6.42 Å². The summed E-state index contributed by atoms with van der Waals surface area (Å²) in [5.74, 6) is 5.20. The van der Waals surface area contributed by atoms with E-state index in [1.54, 1.807) is 0 Å². The summed E-state index contributed by atoms with van der Waals surface area (Å²) >= 11 is 0. The van der Waals surface area contributed by atoms with Gasteiger partial charge in [0.2, 0.25) is 0 Å². The van der Waals surface area contributed by atoms with Crippen LogP contribution in [0.1, 0.15) is 106 Å². The highest BCUT2D eigenvalue weighted by Crippen LogP contribution is 2.67. The molecule has 0 unspecified atom stereocenters. The highest BCUT2D eigenvalue weighted by molar-refractivity contribution is 5.91. The highest BCUT2D eigenvalue weighted by atomic mass is 16.3. The first-order valence-corrected chi connectivity index (χ1v) is 13.5. The molecule has 9 atom stereocenters. The maximum atomic E-state index is 12.1. The monoisotopic (exact) mass is 428 g/mol. The van der Waals surface area contributed by atoms with E-state index in [1.807, 2.05) is 6.08 Å². The van der Waals surface area contributed by atoms with E-state index in [-0.39, 0.29) is 17.3 Å². The minimum Gasteiger partial charge on any atom is -0.392 e. The van der Waals surface area contributed by atoms with Gasteiger partial charge in [-0.1, -0.05) is 60.0 Å². The smallest absolute Gasteiger partial charge is 0.155 e. The van der Waals surface area contributed by atoms with E-state index in [1.165, 1.54) is 50.5 Å². The van der Waals surface area contributed by atoms with Crippen LogP contribution >= 0.6 is 0 Å². The Morgan fingerprint density at radius 2 is 1.81 bits per heavy atom. The molecule has 0 spiro atoms. The van der Waals surface area contributed by atoms with Crippen molar-refractivity contribution in [1.82, 2.24) is 0 Å². The Balaban J connectivity index is 1.52. The van der Waals surface area contributed by atoms with E-state index in [9.17, 15) is 9.90 Å². The summed E-state index contributed by atoms with van der Waals surface area (Å²) in [7, 11) is 0. The average molecular weight is 429 g/mol. The van der Waals surface area contributed by atoms with Gasteiger partial charge in [0.1, 0.15) is 0 Å². The molecular weight excluding hydrogens is 380 g/mol. The molecule has 0 radical (unpaired) electrons. The van der Waals surface area contributed by atoms with Crippen LogP contribution in [0, 0.1) is 52.3 Å². The second-order valence-electron chi connectivity index (χ2n) is 12.8. The Labute approximate surface area is 191 Å². The third-order valence-electron chi connectivity index (χ3n) is 11.2. The van der Waals surface area contributed by atoms with Crippen LogP contribution in [0.2, 0.25) is 0 Å². The molecule has 3 saturated carbocycles. The van der Waals surface area contributed by atoms with Crippen molar-refractivity contribution in [2.24, 2.45) is 52.3 Å². The van der Waals surface area contributed by atoms with Gasteiger partial charge in [0.05, 0.1) is 6.10 Å². The summed E-state index contributed by atoms with van der Waals surface area (Å²) in [6, 6.07) is 0. The number of rotatable bonds is 6. The molecule has 4 aliphatic rings. The van der Waals surface area contributed by atoms with E-state index in [2.05, 4.69) is 41.5 Å². The zero-order valence-electron chi connectivity index (χ0n) is 21.1. The molecule has 3 fully saturated rings. The lowest BCUT2D eigenvalue weighted by molar-refractivity contribution is -0.124. The van der Waals surface area contributed by atoms with Gasteiger partial charge >= 0.3 is 0 Å². The van der Waals surface area contributed by atoms with Crippen molar-refractivity contribution in [2.75, 3.05) is 0 Å². The molecule has 0 aromatic carbocycles. The van der Waals surface area contributed by atoms with Crippen LogP contribution in [-0.4, -0.2) is 17.0 Å². The molecule has 0 aromatic heterocycles. The lowest BCUT2D eigenvalue weighted by atomic mass is 9.45. The summed E-state index contributed by atoms with van der Waals surface area (Å²) in [6.45, 7) is 14.7. The third kappa shape index (κ3) is 3.87.